The van der Waals surface area contributed by atoms with Crippen LogP contribution in [-0.4, -0.2) is 40.2 Å². The van der Waals surface area contributed by atoms with Crippen LogP contribution in [0.15, 0.2) is 47.6 Å². The molecule has 1 saturated carbocycles. The first kappa shape index (κ1) is 22.5. The topological polar surface area (TPSA) is 89.6 Å². The maximum atomic E-state index is 12.9. The van der Waals surface area contributed by atoms with Crippen LogP contribution in [0.3, 0.4) is 0 Å². The summed E-state index contributed by atoms with van der Waals surface area (Å²) in [6.45, 7) is 1.74. The van der Waals surface area contributed by atoms with Gasteiger partial charge in [0.15, 0.2) is 11.5 Å². The zero-order valence-electron chi connectivity index (χ0n) is 17.6. The first-order chi connectivity index (χ1) is 14.5. The molecule has 1 aromatic heterocycles. The Morgan fingerprint density at radius 2 is 1.90 bits per heavy atom. The Balaban J connectivity index is 1.52. The lowest BCUT2D eigenvalue weighted by atomic mass is 10.0. The summed E-state index contributed by atoms with van der Waals surface area (Å²) in [5.74, 6) is 1.46. The monoisotopic (exact) mass is 433 g/mol. The van der Waals surface area contributed by atoms with Crippen LogP contribution in [0.2, 0.25) is 0 Å². The maximum absolute atomic E-state index is 12.9. The highest BCUT2D eigenvalue weighted by Crippen LogP contribution is 2.30. The van der Waals surface area contributed by atoms with Crippen molar-refractivity contribution in [2.45, 2.75) is 49.6 Å². The predicted molar refractivity (Wildman–Crippen MR) is 116 cm³/mol. The summed E-state index contributed by atoms with van der Waals surface area (Å²) in [4.78, 5) is 4.33. The summed E-state index contributed by atoms with van der Waals surface area (Å²) in [6, 6.07) is 8.62. The average molecular weight is 434 g/mol. The zero-order valence-corrected chi connectivity index (χ0v) is 18.5. The third-order valence-electron chi connectivity index (χ3n) is 5.56. The molecular weight excluding hydrogens is 402 g/mol. The minimum atomic E-state index is -3.61. The Morgan fingerprint density at radius 1 is 1.07 bits per heavy atom. The van der Waals surface area contributed by atoms with Crippen molar-refractivity contribution in [3.63, 3.8) is 0 Å². The number of ether oxygens (including phenoxy) is 2. The van der Waals surface area contributed by atoms with Gasteiger partial charge in [-0.2, -0.15) is 0 Å². The molecule has 8 heteroatoms. The number of hydrogen-bond donors (Lipinski definition) is 2. The van der Waals surface area contributed by atoms with Crippen molar-refractivity contribution in [3.05, 3.63) is 48.3 Å². The Kier molecular flexibility index (Phi) is 8.07. The molecule has 2 N–H and O–H groups in total. The Morgan fingerprint density at radius 3 is 2.63 bits per heavy atom. The molecule has 1 aromatic carbocycles. The third kappa shape index (κ3) is 6.17. The number of hydrogen-bond acceptors (Lipinski definition) is 6. The highest BCUT2D eigenvalue weighted by Gasteiger charge is 2.25. The summed E-state index contributed by atoms with van der Waals surface area (Å²) < 4.78 is 39.1. The van der Waals surface area contributed by atoms with Crippen LogP contribution in [0.5, 0.6) is 11.5 Å². The fraction of sp³-hybridized carbons (Fsp3) is 0.500. The van der Waals surface area contributed by atoms with Gasteiger partial charge in [0.2, 0.25) is 10.0 Å². The Labute approximate surface area is 179 Å². The molecule has 1 fully saturated rings. The fourth-order valence-corrected chi connectivity index (χ4v) is 5.21. The number of aromatic nitrogens is 1. The highest BCUT2D eigenvalue weighted by atomic mass is 32.2. The molecule has 0 unspecified atom stereocenters. The molecule has 2 aromatic rings. The van der Waals surface area contributed by atoms with Crippen molar-refractivity contribution in [2.75, 3.05) is 20.8 Å². The molecule has 2 atom stereocenters. The van der Waals surface area contributed by atoms with Crippen LogP contribution < -0.4 is 19.5 Å². The quantitative estimate of drug-likeness (QED) is 0.591. The number of rotatable bonds is 9. The van der Waals surface area contributed by atoms with Gasteiger partial charge in [-0.25, -0.2) is 13.1 Å². The van der Waals surface area contributed by atoms with Gasteiger partial charge in [0, 0.05) is 31.0 Å². The van der Waals surface area contributed by atoms with Gasteiger partial charge in [0.05, 0.1) is 19.1 Å². The molecule has 3 rings (SSSR count). The van der Waals surface area contributed by atoms with E-state index in [-0.39, 0.29) is 10.9 Å². The molecule has 0 amide bonds. The molecule has 0 aliphatic heterocycles. The number of nitrogens with zero attached hydrogens (tertiary/aromatic N) is 1. The molecule has 0 bridgehead atoms. The van der Waals surface area contributed by atoms with Crippen LogP contribution in [0.1, 0.15) is 37.7 Å². The molecule has 1 aliphatic rings. The molecule has 30 heavy (non-hydrogen) atoms. The summed E-state index contributed by atoms with van der Waals surface area (Å²) in [6.07, 6.45) is 8.46. The summed E-state index contributed by atoms with van der Waals surface area (Å²) in [5, 5.41) is 3.51. The maximum Gasteiger partial charge on any atom is 0.240 e. The van der Waals surface area contributed by atoms with E-state index in [9.17, 15) is 8.42 Å². The number of pyridine rings is 1. The van der Waals surface area contributed by atoms with E-state index in [1.165, 1.54) is 25.8 Å². The molecule has 0 radical (unpaired) electrons. The zero-order chi connectivity index (χ0) is 21.4. The van der Waals surface area contributed by atoms with Crippen molar-refractivity contribution < 1.29 is 17.9 Å². The minimum absolute atomic E-state index is 0.0496. The van der Waals surface area contributed by atoms with E-state index in [0.29, 0.717) is 17.4 Å². The fourth-order valence-electron chi connectivity index (χ4n) is 3.89. The molecule has 0 spiro atoms. The number of benzene rings is 1. The number of methoxy groups -OCH3 is 2. The standard InChI is InChI=1S/C22H31N3O4S/c1-28-21-11-10-20(13-22(21)29-2)30(26,27)25-19-7-3-5-17(8-9-19)14-24-16-18-6-4-12-23-15-18/h4,6,10-13,15,17,19,24-25H,3,5,7-9,14,16H2,1-2H3/t17-,19-/m0/s1. The van der Waals surface area contributed by atoms with E-state index in [0.717, 1.165) is 45.2 Å². The van der Waals surface area contributed by atoms with E-state index < -0.39 is 10.0 Å². The number of sulfonamides is 1. The molecule has 1 aliphatic carbocycles. The van der Waals surface area contributed by atoms with Crippen LogP contribution in [0, 0.1) is 5.92 Å². The second-order valence-corrected chi connectivity index (χ2v) is 9.42. The normalized spacial score (nSPS) is 19.8. The second-order valence-electron chi connectivity index (χ2n) is 7.70. The predicted octanol–water partition coefficient (Wildman–Crippen LogP) is 3.12. The SMILES string of the molecule is COc1ccc(S(=O)(=O)N[C@H]2CCC[C@H](CNCc3cccnc3)CC2)cc1OC. The van der Waals surface area contributed by atoms with E-state index >= 15 is 0 Å². The van der Waals surface area contributed by atoms with E-state index in [1.807, 2.05) is 12.3 Å². The number of nitrogens with one attached hydrogen (secondary N) is 2. The van der Waals surface area contributed by atoms with Crippen molar-refractivity contribution in [1.29, 1.82) is 0 Å². The van der Waals surface area contributed by atoms with Gasteiger partial charge in [-0.05, 0) is 61.9 Å². The largest absolute Gasteiger partial charge is 0.493 e. The summed E-state index contributed by atoms with van der Waals surface area (Å²) in [5.41, 5.74) is 1.17. The van der Waals surface area contributed by atoms with Crippen molar-refractivity contribution in [1.82, 2.24) is 15.0 Å². The minimum Gasteiger partial charge on any atom is -0.493 e. The van der Waals surface area contributed by atoms with Gasteiger partial charge in [-0.3, -0.25) is 4.98 Å². The van der Waals surface area contributed by atoms with Crippen LogP contribution in [-0.2, 0) is 16.6 Å². The Hall–Kier alpha value is -2.16. The van der Waals surface area contributed by atoms with Crippen LogP contribution in [0.4, 0.5) is 0 Å². The smallest absolute Gasteiger partial charge is 0.240 e. The average Bonchev–Trinajstić information content (AvgIpc) is 2.98. The molecule has 1 heterocycles. The van der Waals surface area contributed by atoms with Gasteiger partial charge in [-0.15, -0.1) is 0 Å². The lowest BCUT2D eigenvalue weighted by Crippen LogP contribution is -2.34. The molecular formula is C22H31N3O4S. The lowest BCUT2D eigenvalue weighted by Gasteiger charge is -2.18. The van der Waals surface area contributed by atoms with E-state index in [4.69, 9.17) is 9.47 Å². The lowest BCUT2D eigenvalue weighted by molar-refractivity contribution is 0.354. The second kappa shape index (κ2) is 10.7. The van der Waals surface area contributed by atoms with Gasteiger partial charge in [0.1, 0.15) is 0 Å². The third-order valence-corrected chi connectivity index (χ3v) is 7.08. The first-order valence-electron chi connectivity index (χ1n) is 10.4. The van der Waals surface area contributed by atoms with Gasteiger partial charge in [-0.1, -0.05) is 12.5 Å². The van der Waals surface area contributed by atoms with Gasteiger partial charge >= 0.3 is 0 Å². The van der Waals surface area contributed by atoms with Crippen LogP contribution in [0.25, 0.3) is 0 Å². The van der Waals surface area contributed by atoms with Crippen LogP contribution >= 0.6 is 0 Å². The Bertz CT molecular complexity index is 906. The van der Waals surface area contributed by atoms with Crippen molar-refractivity contribution in [3.8, 4) is 11.5 Å². The molecule has 7 nitrogen and oxygen atoms in total. The summed E-state index contributed by atoms with van der Waals surface area (Å²) in [7, 11) is -0.591. The van der Waals surface area contributed by atoms with Crippen molar-refractivity contribution >= 4 is 10.0 Å². The van der Waals surface area contributed by atoms with Gasteiger partial charge in [0.25, 0.3) is 0 Å². The summed E-state index contributed by atoms with van der Waals surface area (Å²) >= 11 is 0. The van der Waals surface area contributed by atoms with E-state index in [2.05, 4.69) is 21.1 Å². The highest BCUT2D eigenvalue weighted by molar-refractivity contribution is 7.89. The van der Waals surface area contributed by atoms with E-state index in [1.54, 1.807) is 18.3 Å². The van der Waals surface area contributed by atoms with Gasteiger partial charge < -0.3 is 14.8 Å². The molecule has 0 saturated heterocycles. The first-order valence-corrected chi connectivity index (χ1v) is 11.8. The molecule has 164 valence electrons. The van der Waals surface area contributed by atoms with Crippen molar-refractivity contribution in [2.24, 2.45) is 5.92 Å².